The van der Waals surface area contributed by atoms with Crippen molar-refractivity contribution in [3.8, 4) is 45.6 Å². The number of Topliss-reactive ketones (excluding diaryl/α,β-unsaturated/α-hetero) is 1. The first-order chi connectivity index (χ1) is 19.8. The molecule has 0 saturated heterocycles. The Morgan fingerprint density at radius 3 is 1.95 bits per heavy atom. The molecule has 0 aliphatic heterocycles. The summed E-state index contributed by atoms with van der Waals surface area (Å²) in [5.41, 5.74) is -1.65. The fourth-order valence-corrected chi connectivity index (χ4v) is 6.24. The minimum absolute atomic E-state index is 0.00949. The predicted octanol–water partition coefficient (Wildman–Crippen LogP) is 4.31. The molecule has 0 aromatic heterocycles. The second-order valence-electron chi connectivity index (χ2n) is 11.0. The van der Waals surface area contributed by atoms with Gasteiger partial charge in [0.15, 0.2) is 11.6 Å². The Hall–Kier alpha value is -5.09. The standard InChI is InChI=1S/C32H26O10/c1-12-5-15-23(17(33)6-12)30(38)24-16(27(15)35)9-20(42-4)26(31(24)39)25-19(41-3)8-13-7-14-10-32(2,40)11-18(34)21(14)28(36)22(13)29(25)37/h5-9,33,36-37,39-40H,10-11H2,1-4H3/t32-/m1/s1. The molecule has 2 aliphatic carbocycles. The molecule has 10 nitrogen and oxygen atoms in total. The Balaban J connectivity index is 1.67. The summed E-state index contributed by atoms with van der Waals surface area (Å²) in [6, 6.07) is 7.09. The van der Waals surface area contributed by atoms with Crippen LogP contribution in [0, 0.1) is 6.92 Å². The Kier molecular flexibility index (Phi) is 5.78. The van der Waals surface area contributed by atoms with Crippen molar-refractivity contribution in [1.29, 1.82) is 0 Å². The largest absolute Gasteiger partial charge is 0.507 e. The van der Waals surface area contributed by atoms with Gasteiger partial charge >= 0.3 is 0 Å². The number of phenolic OH excluding ortho intramolecular Hbond substituents is 4. The monoisotopic (exact) mass is 570 g/mol. The number of ether oxygens (including phenoxy) is 2. The summed E-state index contributed by atoms with van der Waals surface area (Å²) in [6.07, 6.45) is -0.141. The molecule has 42 heavy (non-hydrogen) atoms. The van der Waals surface area contributed by atoms with Crippen LogP contribution in [-0.2, 0) is 6.42 Å². The van der Waals surface area contributed by atoms with E-state index in [1.54, 1.807) is 13.0 Å². The zero-order valence-electron chi connectivity index (χ0n) is 23.1. The van der Waals surface area contributed by atoms with E-state index in [9.17, 15) is 39.9 Å². The topological polar surface area (TPSA) is 171 Å². The molecule has 5 N–H and O–H groups in total. The lowest BCUT2D eigenvalue weighted by Gasteiger charge is -2.30. The van der Waals surface area contributed by atoms with E-state index in [-0.39, 0.29) is 68.5 Å². The molecular formula is C32H26O10. The average Bonchev–Trinajstić information content (AvgIpc) is 2.89. The molecule has 1 atom stereocenters. The highest BCUT2D eigenvalue weighted by atomic mass is 16.5. The smallest absolute Gasteiger partial charge is 0.201 e. The van der Waals surface area contributed by atoms with Crippen molar-refractivity contribution >= 4 is 28.1 Å². The minimum atomic E-state index is -1.31. The Morgan fingerprint density at radius 1 is 0.690 bits per heavy atom. The lowest BCUT2D eigenvalue weighted by Crippen LogP contribution is -2.35. The fraction of sp³-hybridized carbons (Fsp3) is 0.219. The summed E-state index contributed by atoms with van der Waals surface area (Å²) in [5, 5.41) is 55.7. The van der Waals surface area contributed by atoms with Crippen LogP contribution in [0.4, 0.5) is 0 Å². The minimum Gasteiger partial charge on any atom is -0.507 e. The molecule has 2 aliphatic rings. The number of rotatable bonds is 3. The van der Waals surface area contributed by atoms with Crippen LogP contribution in [-0.4, -0.2) is 62.7 Å². The Labute approximate surface area is 239 Å². The molecule has 10 heteroatoms. The average molecular weight is 571 g/mol. The number of aliphatic hydroxyl groups is 1. The summed E-state index contributed by atoms with van der Waals surface area (Å²) in [5.74, 6) is -4.26. The van der Waals surface area contributed by atoms with Gasteiger partial charge in [-0.2, -0.15) is 0 Å². The van der Waals surface area contributed by atoms with Gasteiger partial charge in [-0.05, 0) is 60.7 Å². The molecular weight excluding hydrogens is 544 g/mol. The molecule has 0 saturated carbocycles. The number of methoxy groups -OCH3 is 2. The molecule has 4 aromatic rings. The van der Waals surface area contributed by atoms with Gasteiger partial charge in [0.1, 0.15) is 34.5 Å². The van der Waals surface area contributed by atoms with Crippen molar-refractivity contribution < 1.29 is 49.4 Å². The van der Waals surface area contributed by atoms with E-state index in [2.05, 4.69) is 0 Å². The number of hydrogen-bond acceptors (Lipinski definition) is 10. The molecule has 0 bridgehead atoms. The maximum absolute atomic E-state index is 13.6. The van der Waals surface area contributed by atoms with Crippen molar-refractivity contribution in [1.82, 2.24) is 0 Å². The first-order valence-electron chi connectivity index (χ1n) is 13.0. The van der Waals surface area contributed by atoms with Crippen molar-refractivity contribution in [2.24, 2.45) is 0 Å². The number of phenols is 4. The van der Waals surface area contributed by atoms with Crippen LogP contribution in [0.15, 0.2) is 30.3 Å². The van der Waals surface area contributed by atoms with Gasteiger partial charge in [0.25, 0.3) is 0 Å². The van der Waals surface area contributed by atoms with Gasteiger partial charge in [0.05, 0.1) is 53.0 Å². The van der Waals surface area contributed by atoms with Crippen LogP contribution in [0.5, 0.6) is 34.5 Å². The van der Waals surface area contributed by atoms with Crippen LogP contribution >= 0.6 is 0 Å². The lowest BCUT2D eigenvalue weighted by atomic mass is 9.78. The van der Waals surface area contributed by atoms with Gasteiger partial charge in [0, 0.05) is 24.0 Å². The zero-order valence-corrected chi connectivity index (χ0v) is 23.1. The Morgan fingerprint density at radius 2 is 1.29 bits per heavy atom. The van der Waals surface area contributed by atoms with Crippen LogP contribution in [0.2, 0.25) is 0 Å². The van der Waals surface area contributed by atoms with E-state index in [0.717, 1.165) is 0 Å². The molecule has 6 rings (SSSR count). The molecule has 0 heterocycles. The number of fused-ring (bicyclic) bond motifs is 4. The van der Waals surface area contributed by atoms with Gasteiger partial charge in [-0.3, -0.25) is 14.4 Å². The van der Waals surface area contributed by atoms with Gasteiger partial charge in [0.2, 0.25) is 5.78 Å². The number of carbonyl (C=O) groups is 3. The Bertz CT molecular complexity index is 1930. The summed E-state index contributed by atoms with van der Waals surface area (Å²) in [7, 11) is 2.58. The van der Waals surface area contributed by atoms with Crippen molar-refractivity contribution in [2.45, 2.75) is 32.3 Å². The van der Waals surface area contributed by atoms with E-state index in [1.807, 2.05) is 0 Å². The van der Waals surface area contributed by atoms with E-state index < -0.39 is 51.5 Å². The third kappa shape index (κ3) is 3.65. The molecule has 4 aromatic carbocycles. The first-order valence-corrected chi connectivity index (χ1v) is 13.0. The van der Waals surface area contributed by atoms with Gasteiger partial charge in [-0.15, -0.1) is 0 Å². The van der Waals surface area contributed by atoms with Crippen LogP contribution < -0.4 is 9.47 Å². The van der Waals surface area contributed by atoms with Gasteiger partial charge in [-0.1, -0.05) is 0 Å². The summed E-state index contributed by atoms with van der Waals surface area (Å²) in [6.45, 7) is 3.18. The van der Waals surface area contributed by atoms with Gasteiger partial charge < -0.3 is 35.0 Å². The number of ketones is 3. The first kappa shape index (κ1) is 27.1. The molecule has 0 radical (unpaired) electrons. The second-order valence-corrected chi connectivity index (χ2v) is 11.0. The summed E-state index contributed by atoms with van der Waals surface area (Å²) >= 11 is 0. The molecule has 0 fully saturated rings. The highest BCUT2D eigenvalue weighted by Gasteiger charge is 2.39. The van der Waals surface area contributed by atoms with Crippen molar-refractivity contribution in [3.05, 3.63) is 69.3 Å². The fourth-order valence-electron chi connectivity index (χ4n) is 6.24. The summed E-state index contributed by atoms with van der Waals surface area (Å²) < 4.78 is 11.1. The maximum Gasteiger partial charge on any atom is 0.201 e. The normalized spacial score (nSPS) is 17.6. The van der Waals surface area contributed by atoms with E-state index in [4.69, 9.17) is 9.47 Å². The number of benzene rings is 4. The molecule has 214 valence electrons. The van der Waals surface area contributed by atoms with E-state index >= 15 is 0 Å². The number of aromatic hydroxyl groups is 4. The SMILES string of the molecule is COc1cc2c(c(O)c1-c1c(OC)cc3cc4c(c(O)c3c1O)C(=O)C[C@](C)(O)C4)C(=O)c1c(O)cc(C)cc1C2=O. The number of aryl methyl sites for hydroxylation is 1. The third-order valence-corrected chi connectivity index (χ3v) is 7.97. The molecule has 0 amide bonds. The predicted molar refractivity (Wildman–Crippen MR) is 150 cm³/mol. The maximum atomic E-state index is 13.6. The van der Waals surface area contributed by atoms with E-state index in [0.29, 0.717) is 11.1 Å². The van der Waals surface area contributed by atoms with Crippen molar-refractivity contribution in [3.63, 3.8) is 0 Å². The second kappa shape index (κ2) is 8.95. The highest BCUT2D eigenvalue weighted by Crippen LogP contribution is 2.55. The zero-order chi connectivity index (χ0) is 30.4. The molecule has 0 unspecified atom stereocenters. The number of carbonyl (C=O) groups excluding carboxylic acids is 3. The number of hydrogen-bond donors (Lipinski definition) is 5. The van der Waals surface area contributed by atoms with E-state index in [1.165, 1.54) is 45.4 Å². The lowest BCUT2D eigenvalue weighted by molar-refractivity contribution is 0.0409. The van der Waals surface area contributed by atoms with Crippen LogP contribution in [0.3, 0.4) is 0 Å². The van der Waals surface area contributed by atoms with Crippen LogP contribution in [0.25, 0.3) is 21.9 Å². The highest BCUT2D eigenvalue weighted by molar-refractivity contribution is 6.31. The third-order valence-electron chi connectivity index (χ3n) is 7.97. The van der Waals surface area contributed by atoms with Gasteiger partial charge in [-0.25, -0.2) is 0 Å². The van der Waals surface area contributed by atoms with Crippen LogP contribution in [0.1, 0.15) is 66.7 Å². The summed E-state index contributed by atoms with van der Waals surface area (Å²) in [4.78, 5) is 40.0. The molecule has 0 spiro atoms. The quantitative estimate of drug-likeness (QED) is 0.211. The van der Waals surface area contributed by atoms with Crippen molar-refractivity contribution in [2.75, 3.05) is 14.2 Å².